The summed E-state index contributed by atoms with van der Waals surface area (Å²) in [5, 5.41) is 0.898. The first kappa shape index (κ1) is 19.5. The Kier molecular flexibility index (Phi) is 5.88. The normalized spacial score (nSPS) is 16.5. The van der Waals surface area contributed by atoms with Crippen molar-refractivity contribution in [3.63, 3.8) is 0 Å². The van der Waals surface area contributed by atoms with Gasteiger partial charge < -0.3 is 14.1 Å². The van der Waals surface area contributed by atoms with Gasteiger partial charge in [0.15, 0.2) is 6.10 Å². The van der Waals surface area contributed by atoms with E-state index < -0.39 is 6.10 Å². The topological polar surface area (TPSA) is 59.8 Å². The molecule has 1 aliphatic rings. The summed E-state index contributed by atoms with van der Waals surface area (Å²) in [7, 11) is 1.87. The number of ether oxygens (including phenoxy) is 1. The lowest BCUT2D eigenvalue weighted by molar-refractivity contribution is -0.139. The highest BCUT2D eigenvalue weighted by Gasteiger charge is 2.26. The van der Waals surface area contributed by atoms with Crippen LogP contribution in [-0.2, 0) is 4.79 Å². The molecule has 1 heterocycles. The van der Waals surface area contributed by atoms with E-state index in [0.29, 0.717) is 17.4 Å². The van der Waals surface area contributed by atoms with Crippen LogP contribution in [0.4, 0.5) is 0 Å². The van der Waals surface area contributed by atoms with E-state index in [2.05, 4.69) is 0 Å². The summed E-state index contributed by atoms with van der Waals surface area (Å²) in [6.07, 6.45) is 5.15. The molecule has 27 heavy (non-hydrogen) atoms. The maximum Gasteiger partial charge on any atom is 0.336 e. The quantitative estimate of drug-likeness (QED) is 0.727. The lowest BCUT2D eigenvalue weighted by Crippen LogP contribution is -2.44. The second-order valence-electron chi connectivity index (χ2n) is 7.83. The van der Waals surface area contributed by atoms with Gasteiger partial charge in [0.05, 0.1) is 0 Å². The molecule has 0 bridgehead atoms. The van der Waals surface area contributed by atoms with Gasteiger partial charge in [0.25, 0.3) is 5.91 Å². The second kappa shape index (κ2) is 8.15. The molecule has 0 radical (unpaired) electrons. The van der Waals surface area contributed by atoms with Crippen molar-refractivity contribution in [3.8, 4) is 5.75 Å². The maximum absolute atomic E-state index is 12.7. The first-order valence-corrected chi connectivity index (χ1v) is 9.88. The third kappa shape index (κ3) is 4.34. The fourth-order valence-corrected chi connectivity index (χ4v) is 3.91. The van der Waals surface area contributed by atoms with Crippen molar-refractivity contribution in [2.24, 2.45) is 0 Å². The number of likely N-dealkylation sites (N-methyl/N-ethyl adjacent to an activating group) is 1. The minimum absolute atomic E-state index is 0.0145. The number of rotatable bonds is 5. The zero-order chi connectivity index (χ0) is 19.6. The summed E-state index contributed by atoms with van der Waals surface area (Å²) in [4.78, 5) is 26.4. The fraction of sp³-hybridized carbons (Fsp3) is 0.545. The standard InChI is InChI=1S/C22H29NO4/c1-14(2)19-13-21(24)27-20-12-17(10-11-18(19)20)26-15(3)22(25)23(4)16-8-6-5-7-9-16/h10-16H,5-9H2,1-4H3. The van der Waals surface area contributed by atoms with E-state index in [1.54, 1.807) is 19.1 Å². The molecule has 1 saturated carbocycles. The second-order valence-corrected chi connectivity index (χ2v) is 7.83. The lowest BCUT2D eigenvalue weighted by atomic mass is 9.94. The Morgan fingerprint density at radius 1 is 1.15 bits per heavy atom. The van der Waals surface area contributed by atoms with E-state index in [0.717, 1.165) is 23.8 Å². The molecular weight excluding hydrogens is 342 g/mol. The highest BCUT2D eigenvalue weighted by molar-refractivity contribution is 5.83. The van der Waals surface area contributed by atoms with Crippen LogP contribution in [0.5, 0.6) is 5.75 Å². The van der Waals surface area contributed by atoms with Gasteiger partial charge in [-0.15, -0.1) is 0 Å². The van der Waals surface area contributed by atoms with E-state index in [-0.39, 0.29) is 17.5 Å². The average molecular weight is 371 g/mol. The lowest BCUT2D eigenvalue weighted by Gasteiger charge is -2.32. The smallest absolute Gasteiger partial charge is 0.336 e. The Balaban J connectivity index is 1.77. The molecular formula is C22H29NO4. The van der Waals surface area contributed by atoms with Crippen LogP contribution in [0.25, 0.3) is 11.0 Å². The van der Waals surface area contributed by atoms with Crippen LogP contribution >= 0.6 is 0 Å². The summed E-state index contributed by atoms with van der Waals surface area (Å²) in [6, 6.07) is 7.27. The van der Waals surface area contributed by atoms with Crippen molar-refractivity contribution in [2.75, 3.05) is 7.05 Å². The van der Waals surface area contributed by atoms with Gasteiger partial charge in [0, 0.05) is 30.6 Å². The molecule has 2 aromatic rings. The van der Waals surface area contributed by atoms with Crippen LogP contribution in [0, 0.1) is 0 Å². The molecule has 1 amide bonds. The molecule has 0 aliphatic heterocycles. The molecule has 0 N–H and O–H groups in total. The van der Waals surface area contributed by atoms with Gasteiger partial charge in [0.2, 0.25) is 0 Å². The van der Waals surface area contributed by atoms with Crippen LogP contribution in [0.2, 0.25) is 0 Å². The molecule has 1 aromatic carbocycles. The number of carbonyl (C=O) groups is 1. The third-order valence-electron chi connectivity index (χ3n) is 5.50. The number of amides is 1. The molecule has 146 valence electrons. The Bertz CT molecular complexity index is 864. The monoisotopic (exact) mass is 371 g/mol. The van der Waals surface area contributed by atoms with Gasteiger partial charge in [0.1, 0.15) is 11.3 Å². The number of carbonyl (C=O) groups excluding carboxylic acids is 1. The largest absolute Gasteiger partial charge is 0.481 e. The number of nitrogens with zero attached hydrogens (tertiary/aromatic N) is 1. The highest BCUT2D eigenvalue weighted by Crippen LogP contribution is 2.28. The minimum atomic E-state index is -0.589. The Morgan fingerprint density at radius 2 is 1.85 bits per heavy atom. The predicted molar refractivity (Wildman–Crippen MR) is 106 cm³/mol. The van der Waals surface area contributed by atoms with Crippen LogP contribution in [-0.4, -0.2) is 30.0 Å². The van der Waals surface area contributed by atoms with Crippen molar-refractivity contribution in [2.45, 2.75) is 70.9 Å². The van der Waals surface area contributed by atoms with Crippen LogP contribution in [0.1, 0.15) is 64.4 Å². The van der Waals surface area contributed by atoms with Gasteiger partial charge in [-0.25, -0.2) is 4.79 Å². The summed E-state index contributed by atoms with van der Waals surface area (Å²) in [5.74, 6) is 0.733. The molecule has 1 unspecified atom stereocenters. The maximum atomic E-state index is 12.7. The van der Waals surface area contributed by atoms with Crippen molar-refractivity contribution < 1.29 is 13.9 Å². The molecule has 1 atom stereocenters. The molecule has 0 saturated heterocycles. The van der Waals surface area contributed by atoms with E-state index in [1.165, 1.54) is 19.3 Å². The summed E-state index contributed by atoms with van der Waals surface area (Å²) in [6.45, 7) is 5.85. The number of fused-ring (bicyclic) bond motifs is 1. The van der Waals surface area contributed by atoms with Gasteiger partial charge in [-0.3, -0.25) is 4.79 Å². The van der Waals surface area contributed by atoms with E-state index >= 15 is 0 Å². The van der Waals surface area contributed by atoms with Crippen LogP contribution in [0.3, 0.4) is 0 Å². The average Bonchev–Trinajstić information content (AvgIpc) is 2.66. The minimum Gasteiger partial charge on any atom is -0.481 e. The molecule has 3 rings (SSSR count). The summed E-state index contributed by atoms with van der Waals surface area (Å²) in [5.41, 5.74) is 1.07. The van der Waals surface area contributed by atoms with Crippen molar-refractivity contribution in [1.29, 1.82) is 0 Å². The van der Waals surface area contributed by atoms with Crippen LogP contribution in [0.15, 0.2) is 33.5 Å². The van der Waals surface area contributed by atoms with Crippen molar-refractivity contribution in [1.82, 2.24) is 4.90 Å². The van der Waals surface area contributed by atoms with E-state index in [4.69, 9.17) is 9.15 Å². The highest BCUT2D eigenvalue weighted by atomic mass is 16.5. The fourth-order valence-electron chi connectivity index (χ4n) is 3.91. The zero-order valence-corrected chi connectivity index (χ0v) is 16.7. The molecule has 1 aromatic heterocycles. The Morgan fingerprint density at radius 3 is 2.52 bits per heavy atom. The van der Waals surface area contributed by atoms with Gasteiger partial charge in [-0.2, -0.15) is 0 Å². The molecule has 0 spiro atoms. The third-order valence-corrected chi connectivity index (χ3v) is 5.50. The zero-order valence-electron chi connectivity index (χ0n) is 16.7. The molecule has 5 nitrogen and oxygen atoms in total. The molecule has 5 heteroatoms. The Hall–Kier alpha value is -2.30. The molecule has 1 aliphatic carbocycles. The SMILES string of the molecule is CC(Oc1ccc2c(C(C)C)cc(=O)oc2c1)C(=O)N(C)C1CCCCC1. The van der Waals surface area contributed by atoms with E-state index in [1.807, 2.05) is 37.9 Å². The van der Waals surface area contributed by atoms with E-state index in [9.17, 15) is 9.59 Å². The summed E-state index contributed by atoms with van der Waals surface area (Å²) < 4.78 is 11.2. The van der Waals surface area contributed by atoms with Gasteiger partial charge in [-0.1, -0.05) is 33.1 Å². The molecule has 1 fully saturated rings. The van der Waals surface area contributed by atoms with Crippen molar-refractivity contribution >= 4 is 16.9 Å². The first-order chi connectivity index (χ1) is 12.9. The predicted octanol–water partition coefficient (Wildman–Crippen LogP) is 4.47. The summed E-state index contributed by atoms with van der Waals surface area (Å²) >= 11 is 0. The number of hydrogen-bond donors (Lipinski definition) is 0. The Labute approximate surface area is 160 Å². The number of hydrogen-bond acceptors (Lipinski definition) is 4. The van der Waals surface area contributed by atoms with Crippen molar-refractivity contribution in [3.05, 3.63) is 40.2 Å². The van der Waals surface area contributed by atoms with Crippen LogP contribution < -0.4 is 10.4 Å². The number of benzene rings is 1. The van der Waals surface area contributed by atoms with Gasteiger partial charge in [-0.05, 0) is 43.4 Å². The van der Waals surface area contributed by atoms with Gasteiger partial charge >= 0.3 is 5.63 Å². The first-order valence-electron chi connectivity index (χ1n) is 9.88.